The Morgan fingerprint density at radius 3 is 3.14 bits per heavy atom. The Morgan fingerprint density at radius 2 is 2.57 bits per heavy atom. The molecule has 4 heteroatoms. The van der Waals surface area contributed by atoms with E-state index >= 15 is 0 Å². The van der Waals surface area contributed by atoms with Gasteiger partial charge in [0, 0.05) is 36.8 Å². The topological polar surface area (TPSA) is 42.2 Å². The molecule has 1 saturated heterocycles. The normalized spacial score (nSPS) is 23.1. The molecule has 1 fully saturated rings. The van der Waals surface area contributed by atoms with Gasteiger partial charge in [0.2, 0.25) is 0 Å². The Hall–Kier alpha value is -0.450. The Morgan fingerprint density at radius 1 is 1.71 bits per heavy atom. The molecule has 3 nitrogen and oxygen atoms in total. The van der Waals surface area contributed by atoms with Crippen molar-refractivity contribution < 1.29 is 0 Å². The first-order valence-electron chi connectivity index (χ1n) is 5.19. The highest BCUT2D eigenvalue weighted by Crippen LogP contribution is 2.18. The van der Waals surface area contributed by atoms with E-state index in [1.165, 1.54) is 9.88 Å². The van der Waals surface area contributed by atoms with Crippen LogP contribution in [-0.2, 0) is 13.0 Å². The monoisotopic (exact) mass is 211 g/mol. The smallest absolute Gasteiger partial charge is 0.0925 e. The number of hydrogen-bond donors (Lipinski definition) is 1. The van der Waals surface area contributed by atoms with Crippen LogP contribution in [-0.4, -0.2) is 29.0 Å². The molecule has 0 amide bonds. The number of likely N-dealkylation sites (tertiary alicyclic amines) is 1. The number of nitrogens with two attached hydrogens (primary N) is 1. The van der Waals surface area contributed by atoms with Gasteiger partial charge in [0.25, 0.3) is 0 Å². The van der Waals surface area contributed by atoms with Gasteiger partial charge in [-0.2, -0.15) is 0 Å². The molecule has 1 aliphatic heterocycles. The lowest BCUT2D eigenvalue weighted by Crippen LogP contribution is -2.25. The van der Waals surface area contributed by atoms with Gasteiger partial charge in [0.15, 0.2) is 0 Å². The zero-order chi connectivity index (χ0) is 9.97. The minimum atomic E-state index is 0.383. The van der Waals surface area contributed by atoms with Crippen molar-refractivity contribution in [2.45, 2.75) is 32.4 Å². The van der Waals surface area contributed by atoms with Crippen LogP contribution in [0.5, 0.6) is 0 Å². The van der Waals surface area contributed by atoms with Crippen LogP contribution in [0.25, 0.3) is 0 Å². The van der Waals surface area contributed by atoms with Crippen LogP contribution in [0.1, 0.15) is 23.2 Å². The molecule has 1 unspecified atom stereocenters. The van der Waals surface area contributed by atoms with E-state index in [9.17, 15) is 0 Å². The third-order valence-electron chi connectivity index (χ3n) is 2.59. The highest BCUT2D eigenvalue weighted by Gasteiger charge is 2.19. The quantitative estimate of drug-likeness (QED) is 0.818. The Bertz CT molecular complexity index is 297. The van der Waals surface area contributed by atoms with Crippen LogP contribution in [0.2, 0.25) is 0 Å². The summed E-state index contributed by atoms with van der Waals surface area (Å²) in [5.74, 6) is 0. The number of aromatic nitrogens is 1. The van der Waals surface area contributed by atoms with Crippen LogP contribution < -0.4 is 5.73 Å². The van der Waals surface area contributed by atoms with Crippen molar-refractivity contribution in [3.05, 3.63) is 16.1 Å². The molecule has 0 spiro atoms. The predicted molar refractivity (Wildman–Crippen MR) is 59.4 cm³/mol. The van der Waals surface area contributed by atoms with Crippen LogP contribution in [0, 0.1) is 0 Å². The summed E-state index contributed by atoms with van der Waals surface area (Å²) in [6.07, 6.45) is 4.19. The van der Waals surface area contributed by atoms with Gasteiger partial charge >= 0.3 is 0 Å². The standard InChI is InChI=1S/C10H17N3S/c1-2-10-12-5-9(14-10)7-13-4-3-8(11)6-13/h5,8H,2-4,6-7,11H2,1H3. The number of hydrogen-bond acceptors (Lipinski definition) is 4. The van der Waals surface area contributed by atoms with Gasteiger partial charge in [-0.25, -0.2) is 4.98 Å². The molecule has 0 radical (unpaired) electrons. The highest BCUT2D eigenvalue weighted by molar-refractivity contribution is 7.11. The molecular weight excluding hydrogens is 194 g/mol. The molecule has 2 N–H and O–H groups in total. The molecule has 2 heterocycles. The molecule has 0 aliphatic carbocycles. The fourth-order valence-electron chi connectivity index (χ4n) is 1.81. The molecule has 78 valence electrons. The van der Waals surface area contributed by atoms with Crippen molar-refractivity contribution in [3.8, 4) is 0 Å². The molecule has 1 atom stereocenters. The minimum absolute atomic E-state index is 0.383. The molecule has 2 rings (SSSR count). The zero-order valence-corrected chi connectivity index (χ0v) is 9.39. The van der Waals surface area contributed by atoms with Crippen LogP contribution in [0.4, 0.5) is 0 Å². The minimum Gasteiger partial charge on any atom is -0.326 e. The summed E-state index contributed by atoms with van der Waals surface area (Å²) in [5.41, 5.74) is 5.86. The average molecular weight is 211 g/mol. The molecular formula is C10H17N3S. The second-order valence-electron chi connectivity index (χ2n) is 3.86. The van der Waals surface area contributed by atoms with Crippen molar-refractivity contribution in [1.29, 1.82) is 0 Å². The molecule has 0 bridgehead atoms. The number of nitrogens with zero attached hydrogens (tertiary/aromatic N) is 2. The summed E-state index contributed by atoms with van der Waals surface area (Å²) in [7, 11) is 0. The van der Waals surface area contributed by atoms with Gasteiger partial charge in [0.1, 0.15) is 0 Å². The zero-order valence-electron chi connectivity index (χ0n) is 8.57. The largest absolute Gasteiger partial charge is 0.326 e. The second-order valence-corrected chi connectivity index (χ2v) is 5.06. The van der Waals surface area contributed by atoms with Crippen molar-refractivity contribution in [3.63, 3.8) is 0 Å². The predicted octanol–water partition coefficient (Wildman–Crippen LogP) is 1.24. The summed E-state index contributed by atoms with van der Waals surface area (Å²) in [6, 6.07) is 0.383. The van der Waals surface area contributed by atoms with E-state index in [-0.39, 0.29) is 0 Å². The number of rotatable bonds is 3. The van der Waals surface area contributed by atoms with E-state index in [1.807, 2.05) is 17.5 Å². The lowest BCUT2D eigenvalue weighted by atomic mass is 10.3. The third-order valence-corrected chi connectivity index (χ3v) is 3.72. The van der Waals surface area contributed by atoms with E-state index in [2.05, 4.69) is 16.8 Å². The fourth-order valence-corrected chi connectivity index (χ4v) is 2.72. The van der Waals surface area contributed by atoms with Crippen molar-refractivity contribution in [1.82, 2.24) is 9.88 Å². The first-order chi connectivity index (χ1) is 6.78. The van der Waals surface area contributed by atoms with E-state index in [1.54, 1.807) is 0 Å². The summed E-state index contributed by atoms with van der Waals surface area (Å²) in [4.78, 5) is 8.14. The van der Waals surface area contributed by atoms with Crippen molar-refractivity contribution >= 4 is 11.3 Å². The van der Waals surface area contributed by atoms with Crippen LogP contribution >= 0.6 is 11.3 Å². The number of thiazole rings is 1. The van der Waals surface area contributed by atoms with Crippen LogP contribution in [0.3, 0.4) is 0 Å². The summed E-state index contributed by atoms with van der Waals surface area (Å²) >= 11 is 1.83. The SMILES string of the molecule is CCc1ncc(CN2CCC(N)C2)s1. The van der Waals surface area contributed by atoms with Crippen molar-refractivity contribution in [2.24, 2.45) is 5.73 Å². The molecule has 1 aromatic heterocycles. The Kier molecular flexibility index (Phi) is 3.15. The van der Waals surface area contributed by atoms with Gasteiger partial charge in [-0.15, -0.1) is 11.3 Å². The first-order valence-corrected chi connectivity index (χ1v) is 6.01. The maximum absolute atomic E-state index is 5.86. The van der Waals surface area contributed by atoms with Gasteiger partial charge in [-0.1, -0.05) is 6.92 Å². The van der Waals surface area contributed by atoms with Gasteiger partial charge in [0.05, 0.1) is 5.01 Å². The van der Waals surface area contributed by atoms with Gasteiger partial charge in [-0.3, -0.25) is 4.90 Å². The summed E-state index contributed by atoms with van der Waals surface area (Å²) in [6.45, 7) is 5.36. The molecule has 1 aromatic rings. The lowest BCUT2D eigenvalue weighted by Gasteiger charge is -2.12. The van der Waals surface area contributed by atoms with E-state index in [4.69, 9.17) is 5.73 Å². The summed E-state index contributed by atoms with van der Waals surface area (Å²) in [5, 5.41) is 1.24. The first kappa shape index (κ1) is 10.1. The molecule has 0 saturated carbocycles. The van der Waals surface area contributed by atoms with E-state index in [0.29, 0.717) is 6.04 Å². The highest BCUT2D eigenvalue weighted by atomic mass is 32.1. The van der Waals surface area contributed by atoms with Gasteiger partial charge < -0.3 is 5.73 Å². The third kappa shape index (κ3) is 2.32. The maximum Gasteiger partial charge on any atom is 0.0925 e. The summed E-state index contributed by atoms with van der Waals surface area (Å²) < 4.78 is 0. The lowest BCUT2D eigenvalue weighted by molar-refractivity contribution is 0.329. The van der Waals surface area contributed by atoms with Crippen molar-refractivity contribution in [2.75, 3.05) is 13.1 Å². The average Bonchev–Trinajstić information content (AvgIpc) is 2.76. The maximum atomic E-state index is 5.86. The Labute approximate surface area is 88.9 Å². The second kappa shape index (κ2) is 4.38. The molecule has 0 aromatic carbocycles. The van der Waals surface area contributed by atoms with Crippen LogP contribution in [0.15, 0.2) is 6.20 Å². The van der Waals surface area contributed by atoms with Gasteiger partial charge in [-0.05, 0) is 12.8 Å². The molecule has 14 heavy (non-hydrogen) atoms. The van der Waals surface area contributed by atoms with E-state index in [0.717, 1.165) is 32.5 Å². The number of aryl methyl sites for hydroxylation is 1. The Balaban J connectivity index is 1.90. The fraction of sp³-hybridized carbons (Fsp3) is 0.700. The van der Waals surface area contributed by atoms with E-state index < -0.39 is 0 Å². The molecule has 1 aliphatic rings.